The summed E-state index contributed by atoms with van der Waals surface area (Å²) >= 11 is 0. The molecule has 17 heavy (non-hydrogen) atoms. The van der Waals surface area contributed by atoms with Gasteiger partial charge in [-0.05, 0) is 29.7 Å². The van der Waals surface area contributed by atoms with Crippen LogP contribution < -0.4 is 4.74 Å². The van der Waals surface area contributed by atoms with Crippen molar-refractivity contribution >= 4 is 5.97 Å². The Hall–Kier alpha value is -1.55. The van der Waals surface area contributed by atoms with Crippen molar-refractivity contribution < 1.29 is 19.7 Å². The van der Waals surface area contributed by atoms with Gasteiger partial charge in [0.15, 0.2) is 0 Å². The second-order valence-electron chi connectivity index (χ2n) is 4.26. The quantitative estimate of drug-likeness (QED) is 0.836. The topological polar surface area (TPSA) is 66.8 Å². The van der Waals surface area contributed by atoms with Crippen LogP contribution in [0.15, 0.2) is 18.2 Å². The summed E-state index contributed by atoms with van der Waals surface area (Å²) in [7, 11) is 0. The van der Waals surface area contributed by atoms with Crippen LogP contribution in [0.25, 0.3) is 0 Å². The number of carboxylic acid groups (broad SMARTS) is 1. The van der Waals surface area contributed by atoms with Gasteiger partial charge in [-0.15, -0.1) is 0 Å². The van der Waals surface area contributed by atoms with Gasteiger partial charge in [0, 0.05) is 6.42 Å². The van der Waals surface area contributed by atoms with Gasteiger partial charge < -0.3 is 14.9 Å². The highest BCUT2D eigenvalue weighted by Crippen LogP contribution is 2.31. The average Bonchev–Trinajstić information content (AvgIpc) is 2.75. The zero-order valence-electron chi connectivity index (χ0n) is 9.72. The summed E-state index contributed by atoms with van der Waals surface area (Å²) in [5.74, 6) is -0.878. The summed E-state index contributed by atoms with van der Waals surface area (Å²) in [5.41, 5.74) is 1.70. The SMILES string of the molecule is CCC(C(=O)O)C(O)c1ccc2c(c1)CCO2. The predicted octanol–water partition coefficient (Wildman–Crippen LogP) is 1.77. The third-order valence-corrected chi connectivity index (χ3v) is 3.19. The number of hydrogen-bond donors (Lipinski definition) is 2. The van der Waals surface area contributed by atoms with Crippen molar-refractivity contribution in [1.82, 2.24) is 0 Å². The van der Waals surface area contributed by atoms with Gasteiger partial charge in [-0.2, -0.15) is 0 Å². The normalized spacial score (nSPS) is 17.1. The molecule has 1 heterocycles. The van der Waals surface area contributed by atoms with Crippen molar-refractivity contribution in [2.24, 2.45) is 5.92 Å². The van der Waals surface area contributed by atoms with E-state index in [-0.39, 0.29) is 0 Å². The lowest BCUT2D eigenvalue weighted by atomic mass is 9.92. The Morgan fingerprint density at radius 1 is 1.53 bits per heavy atom. The molecule has 2 unspecified atom stereocenters. The molecule has 92 valence electrons. The van der Waals surface area contributed by atoms with Crippen molar-refractivity contribution in [3.63, 3.8) is 0 Å². The molecule has 1 aromatic rings. The van der Waals surface area contributed by atoms with Crippen LogP contribution in [0.2, 0.25) is 0 Å². The second kappa shape index (κ2) is 4.75. The molecule has 0 radical (unpaired) electrons. The lowest BCUT2D eigenvalue weighted by Gasteiger charge is -2.18. The fourth-order valence-corrected chi connectivity index (χ4v) is 2.16. The number of aliphatic hydroxyl groups is 1. The molecule has 2 N–H and O–H groups in total. The van der Waals surface area contributed by atoms with Gasteiger partial charge in [-0.3, -0.25) is 4.79 Å². The molecule has 0 aromatic heterocycles. The summed E-state index contributed by atoms with van der Waals surface area (Å²) in [5, 5.41) is 19.1. The van der Waals surface area contributed by atoms with Gasteiger partial charge in [0.25, 0.3) is 0 Å². The molecule has 0 amide bonds. The van der Waals surface area contributed by atoms with Gasteiger partial charge in [-0.1, -0.05) is 13.0 Å². The maximum Gasteiger partial charge on any atom is 0.309 e. The molecule has 1 aliphatic heterocycles. The van der Waals surface area contributed by atoms with E-state index in [0.717, 1.165) is 17.7 Å². The molecule has 0 bridgehead atoms. The Morgan fingerprint density at radius 2 is 2.29 bits per heavy atom. The first-order valence-corrected chi connectivity index (χ1v) is 5.80. The molecule has 1 aliphatic rings. The van der Waals surface area contributed by atoms with Crippen LogP contribution in [-0.2, 0) is 11.2 Å². The number of rotatable bonds is 4. The Labute approximate surface area is 99.8 Å². The van der Waals surface area contributed by atoms with Crippen LogP contribution in [0.4, 0.5) is 0 Å². The zero-order valence-corrected chi connectivity index (χ0v) is 9.72. The van der Waals surface area contributed by atoms with Crippen molar-refractivity contribution in [3.8, 4) is 5.75 Å². The minimum absolute atomic E-state index is 0.407. The monoisotopic (exact) mass is 236 g/mol. The highest BCUT2D eigenvalue weighted by atomic mass is 16.5. The van der Waals surface area contributed by atoms with Crippen molar-refractivity contribution in [2.75, 3.05) is 6.61 Å². The predicted molar refractivity (Wildman–Crippen MR) is 62.0 cm³/mol. The molecule has 1 aromatic carbocycles. The summed E-state index contributed by atoms with van der Waals surface area (Å²) in [4.78, 5) is 11.0. The van der Waals surface area contributed by atoms with E-state index in [2.05, 4.69) is 0 Å². The second-order valence-corrected chi connectivity index (χ2v) is 4.26. The van der Waals surface area contributed by atoms with Gasteiger partial charge in [0.2, 0.25) is 0 Å². The highest BCUT2D eigenvalue weighted by molar-refractivity contribution is 5.71. The maximum absolute atomic E-state index is 11.0. The lowest BCUT2D eigenvalue weighted by molar-refractivity contribution is -0.146. The number of aliphatic hydroxyl groups excluding tert-OH is 1. The average molecular weight is 236 g/mol. The number of carbonyl (C=O) groups is 1. The Kier molecular flexibility index (Phi) is 3.33. The van der Waals surface area contributed by atoms with Gasteiger partial charge >= 0.3 is 5.97 Å². The molecule has 2 rings (SSSR count). The number of ether oxygens (including phenoxy) is 1. The standard InChI is InChI=1S/C13H16O4/c1-2-10(13(15)16)12(14)9-3-4-11-8(7-9)5-6-17-11/h3-4,7,10,12,14H,2,5-6H2,1H3,(H,15,16). The summed E-state index contributed by atoms with van der Waals surface area (Å²) in [6.45, 7) is 2.42. The van der Waals surface area contributed by atoms with Gasteiger partial charge in [0.05, 0.1) is 18.6 Å². The maximum atomic E-state index is 11.0. The molecule has 0 saturated carbocycles. The number of carboxylic acids is 1. The molecule has 0 spiro atoms. The molecule has 0 aliphatic carbocycles. The van der Waals surface area contributed by atoms with E-state index < -0.39 is 18.0 Å². The highest BCUT2D eigenvalue weighted by Gasteiger charge is 2.27. The van der Waals surface area contributed by atoms with Crippen LogP contribution in [0.3, 0.4) is 0 Å². The fourth-order valence-electron chi connectivity index (χ4n) is 2.16. The third kappa shape index (κ3) is 2.26. The van der Waals surface area contributed by atoms with E-state index in [4.69, 9.17) is 9.84 Å². The largest absolute Gasteiger partial charge is 0.493 e. The minimum Gasteiger partial charge on any atom is -0.493 e. The van der Waals surface area contributed by atoms with Crippen molar-refractivity contribution in [1.29, 1.82) is 0 Å². The number of aliphatic carboxylic acids is 1. The number of fused-ring (bicyclic) bond motifs is 1. The fraction of sp³-hybridized carbons (Fsp3) is 0.462. The molecule has 0 fully saturated rings. The summed E-state index contributed by atoms with van der Waals surface area (Å²) in [6.07, 6.45) is 0.271. The molecule has 4 nitrogen and oxygen atoms in total. The third-order valence-electron chi connectivity index (χ3n) is 3.19. The minimum atomic E-state index is -0.961. The van der Waals surface area contributed by atoms with E-state index >= 15 is 0 Å². The first kappa shape index (κ1) is 11.9. The van der Waals surface area contributed by atoms with Crippen LogP contribution >= 0.6 is 0 Å². The van der Waals surface area contributed by atoms with Crippen LogP contribution in [0.1, 0.15) is 30.6 Å². The van der Waals surface area contributed by atoms with E-state index in [1.165, 1.54) is 0 Å². The van der Waals surface area contributed by atoms with E-state index in [1.54, 1.807) is 19.1 Å². The molecule has 0 saturated heterocycles. The van der Waals surface area contributed by atoms with Crippen LogP contribution in [-0.4, -0.2) is 22.8 Å². The molecule has 4 heteroatoms. The first-order valence-electron chi connectivity index (χ1n) is 5.80. The van der Waals surface area contributed by atoms with E-state index in [9.17, 15) is 9.90 Å². The first-order chi connectivity index (χ1) is 8.13. The summed E-state index contributed by atoms with van der Waals surface area (Å²) in [6, 6.07) is 5.38. The number of hydrogen-bond acceptors (Lipinski definition) is 3. The number of benzene rings is 1. The Balaban J connectivity index is 2.24. The zero-order chi connectivity index (χ0) is 12.4. The molecular weight excluding hydrogens is 220 g/mol. The Bertz CT molecular complexity index is 427. The van der Waals surface area contributed by atoms with Crippen LogP contribution in [0.5, 0.6) is 5.75 Å². The molecular formula is C13H16O4. The Morgan fingerprint density at radius 3 is 2.94 bits per heavy atom. The van der Waals surface area contributed by atoms with Gasteiger partial charge in [-0.25, -0.2) is 0 Å². The van der Waals surface area contributed by atoms with E-state index in [1.807, 2.05) is 6.07 Å². The summed E-state index contributed by atoms with van der Waals surface area (Å²) < 4.78 is 5.37. The smallest absolute Gasteiger partial charge is 0.309 e. The van der Waals surface area contributed by atoms with Gasteiger partial charge in [0.1, 0.15) is 5.75 Å². The van der Waals surface area contributed by atoms with E-state index in [0.29, 0.717) is 18.6 Å². The van der Waals surface area contributed by atoms with Crippen LogP contribution in [0, 0.1) is 5.92 Å². The molecule has 2 atom stereocenters. The van der Waals surface area contributed by atoms with Crippen molar-refractivity contribution in [3.05, 3.63) is 29.3 Å². The van der Waals surface area contributed by atoms with Crippen molar-refractivity contribution in [2.45, 2.75) is 25.9 Å². The lowest BCUT2D eigenvalue weighted by Crippen LogP contribution is -2.21.